The average molecular weight is 334 g/mol. The summed E-state index contributed by atoms with van der Waals surface area (Å²) in [6.45, 7) is 0. The van der Waals surface area contributed by atoms with Gasteiger partial charge in [-0.05, 0) is 55.6 Å². The first-order valence-corrected chi connectivity index (χ1v) is 3.83. The number of hydrogen-bond donors (Lipinski definition) is 0. The molecule has 0 amide bonds. The van der Waals surface area contributed by atoms with Gasteiger partial charge in [0.25, 0.3) is 0 Å². The SMILES string of the molecule is Ic1nnnnc1I. The fourth-order valence-corrected chi connectivity index (χ4v) is 0.610. The van der Waals surface area contributed by atoms with E-state index in [2.05, 4.69) is 20.6 Å². The van der Waals surface area contributed by atoms with Crippen LogP contribution >= 0.6 is 45.2 Å². The van der Waals surface area contributed by atoms with E-state index in [1.54, 1.807) is 0 Å². The van der Waals surface area contributed by atoms with Crippen LogP contribution in [-0.2, 0) is 0 Å². The van der Waals surface area contributed by atoms with E-state index in [-0.39, 0.29) is 0 Å². The van der Waals surface area contributed by atoms with Crippen LogP contribution in [0.15, 0.2) is 0 Å². The Bertz CT molecular complexity index is 168. The summed E-state index contributed by atoms with van der Waals surface area (Å²) >= 11 is 4.08. The standard InChI is InChI=1S/C2I2N4/c3-1-2(4)6-8-7-5-1. The number of hydrogen-bond acceptors (Lipinski definition) is 4. The first kappa shape index (κ1) is 6.52. The fraction of sp³-hybridized carbons (Fsp3) is 0. The maximum Gasteiger partial charge on any atom is 0.159 e. The van der Waals surface area contributed by atoms with Gasteiger partial charge in [0.15, 0.2) is 7.40 Å². The zero-order chi connectivity index (χ0) is 5.98. The van der Waals surface area contributed by atoms with Crippen molar-refractivity contribution in [3.05, 3.63) is 7.40 Å². The zero-order valence-electron chi connectivity index (χ0n) is 3.54. The first-order valence-electron chi connectivity index (χ1n) is 1.68. The zero-order valence-corrected chi connectivity index (χ0v) is 7.86. The molecule has 0 saturated heterocycles. The molecule has 1 rings (SSSR count). The van der Waals surface area contributed by atoms with Gasteiger partial charge in [-0.15, -0.1) is 10.2 Å². The maximum atomic E-state index is 3.63. The molecule has 0 N–H and O–H groups in total. The molecule has 0 atom stereocenters. The third kappa shape index (κ3) is 1.44. The Morgan fingerprint density at radius 1 is 0.875 bits per heavy atom. The number of nitrogens with zero attached hydrogens (tertiary/aromatic N) is 4. The number of rotatable bonds is 0. The van der Waals surface area contributed by atoms with Crippen molar-refractivity contribution < 1.29 is 0 Å². The topological polar surface area (TPSA) is 51.6 Å². The maximum absolute atomic E-state index is 3.63. The van der Waals surface area contributed by atoms with Crippen molar-refractivity contribution in [3.8, 4) is 0 Å². The molecule has 8 heavy (non-hydrogen) atoms. The second-order valence-corrected chi connectivity index (χ2v) is 3.00. The molecule has 0 aliphatic carbocycles. The molecule has 4 nitrogen and oxygen atoms in total. The van der Waals surface area contributed by atoms with Gasteiger partial charge in [0, 0.05) is 0 Å². The van der Waals surface area contributed by atoms with Crippen LogP contribution in [0.5, 0.6) is 0 Å². The van der Waals surface area contributed by atoms with Crippen molar-refractivity contribution in [3.63, 3.8) is 0 Å². The average Bonchev–Trinajstić information content (AvgIpc) is 1.77. The molecule has 0 radical (unpaired) electrons. The van der Waals surface area contributed by atoms with Gasteiger partial charge in [0.2, 0.25) is 0 Å². The summed E-state index contributed by atoms with van der Waals surface area (Å²) in [4.78, 5) is 0. The largest absolute Gasteiger partial charge is 0.159 e. The van der Waals surface area contributed by atoms with Gasteiger partial charge in [-0.2, -0.15) is 0 Å². The highest BCUT2D eigenvalue weighted by atomic mass is 127. The molecular formula is C2I2N4. The molecular weight excluding hydrogens is 334 g/mol. The minimum Gasteiger partial charge on any atom is -0.120 e. The van der Waals surface area contributed by atoms with E-state index in [0.717, 1.165) is 7.40 Å². The van der Waals surface area contributed by atoms with Crippen molar-refractivity contribution in [1.29, 1.82) is 0 Å². The van der Waals surface area contributed by atoms with Crippen LogP contribution in [0.4, 0.5) is 0 Å². The number of halogens is 2. The molecule has 1 aromatic rings. The van der Waals surface area contributed by atoms with Crippen LogP contribution < -0.4 is 0 Å². The predicted octanol–water partition coefficient (Wildman–Crippen LogP) is 0.476. The molecule has 6 heteroatoms. The molecule has 0 aliphatic rings. The highest BCUT2D eigenvalue weighted by Crippen LogP contribution is 2.04. The lowest BCUT2D eigenvalue weighted by molar-refractivity contribution is 0.733. The summed E-state index contributed by atoms with van der Waals surface area (Å²) in [5, 5.41) is 13.9. The van der Waals surface area contributed by atoms with E-state index >= 15 is 0 Å². The van der Waals surface area contributed by atoms with E-state index in [1.165, 1.54) is 0 Å². The third-order valence-corrected chi connectivity index (χ3v) is 2.96. The van der Waals surface area contributed by atoms with E-state index in [4.69, 9.17) is 0 Å². The van der Waals surface area contributed by atoms with Gasteiger partial charge < -0.3 is 0 Å². The quantitative estimate of drug-likeness (QED) is 0.648. The Labute approximate surface area is 72.7 Å². The molecule has 0 aromatic carbocycles. The summed E-state index contributed by atoms with van der Waals surface area (Å²) < 4.78 is 1.58. The second kappa shape index (κ2) is 2.80. The second-order valence-electron chi connectivity index (χ2n) is 0.961. The van der Waals surface area contributed by atoms with Gasteiger partial charge in [0.1, 0.15) is 0 Å². The van der Waals surface area contributed by atoms with E-state index in [0.29, 0.717) is 0 Å². The molecule has 0 spiro atoms. The van der Waals surface area contributed by atoms with Gasteiger partial charge in [-0.3, -0.25) is 0 Å². The van der Waals surface area contributed by atoms with Crippen LogP contribution in [0.1, 0.15) is 0 Å². The van der Waals surface area contributed by atoms with Crippen LogP contribution in [0.25, 0.3) is 0 Å². The molecule has 1 heterocycles. The Kier molecular flexibility index (Phi) is 2.28. The van der Waals surface area contributed by atoms with Crippen molar-refractivity contribution in [2.45, 2.75) is 0 Å². The van der Waals surface area contributed by atoms with Crippen molar-refractivity contribution in [2.24, 2.45) is 0 Å². The third-order valence-electron chi connectivity index (χ3n) is 0.475. The van der Waals surface area contributed by atoms with Crippen molar-refractivity contribution >= 4 is 45.2 Å². The minimum absolute atomic E-state index is 0.790. The lowest BCUT2D eigenvalue weighted by atomic mass is 10.9. The molecule has 0 saturated carbocycles. The summed E-state index contributed by atoms with van der Waals surface area (Å²) in [6, 6.07) is 0. The number of aromatic nitrogens is 4. The molecule has 42 valence electrons. The Balaban J connectivity index is 3.13. The lowest BCUT2D eigenvalue weighted by Crippen LogP contribution is -1.96. The van der Waals surface area contributed by atoms with E-state index < -0.39 is 0 Å². The van der Waals surface area contributed by atoms with E-state index in [9.17, 15) is 0 Å². The molecule has 0 unspecified atom stereocenters. The van der Waals surface area contributed by atoms with Gasteiger partial charge in [-0.25, -0.2) is 0 Å². The smallest absolute Gasteiger partial charge is 0.120 e. The van der Waals surface area contributed by atoms with Gasteiger partial charge in [-0.1, -0.05) is 0 Å². The summed E-state index contributed by atoms with van der Waals surface area (Å²) in [6.07, 6.45) is 0. The Morgan fingerprint density at radius 2 is 1.25 bits per heavy atom. The Hall–Kier alpha value is 0.400. The lowest BCUT2D eigenvalue weighted by Gasteiger charge is -1.84. The molecule has 0 aliphatic heterocycles. The van der Waals surface area contributed by atoms with Crippen LogP contribution in [-0.4, -0.2) is 20.6 Å². The highest BCUT2D eigenvalue weighted by Gasteiger charge is 1.94. The summed E-state index contributed by atoms with van der Waals surface area (Å²) in [7, 11) is 0. The summed E-state index contributed by atoms with van der Waals surface area (Å²) in [5.74, 6) is 0. The van der Waals surface area contributed by atoms with Gasteiger partial charge in [0.05, 0.1) is 0 Å². The van der Waals surface area contributed by atoms with Crippen molar-refractivity contribution in [2.75, 3.05) is 0 Å². The molecule has 1 aromatic heterocycles. The highest BCUT2D eigenvalue weighted by molar-refractivity contribution is 14.1. The van der Waals surface area contributed by atoms with E-state index in [1.807, 2.05) is 45.2 Å². The van der Waals surface area contributed by atoms with Crippen LogP contribution in [0.3, 0.4) is 0 Å². The molecule has 0 bridgehead atoms. The Morgan fingerprint density at radius 3 is 1.50 bits per heavy atom. The minimum atomic E-state index is 0.790. The fourth-order valence-electron chi connectivity index (χ4n) is 0.201. The van der Waals surface area contributed by atoms with Crippen molar-refractivity contribution in [1.82, 2.24) is 20.6 Å². The first-order chi connectivity index (χ1) is 3.80. The van der Waals surface area contributed by atoms with Gasteiger partial charge >= 0.3 is 0 Å². The summed E-state index contributed by atoms with van der Waals surface area (Å²) in [5.41, 5.74) is 0. The monoisotopic (exact) mass is 334 g/mol. The van der Waals surface area contributed by atoms with Crippen LogP contribution in [0.2, 0.25) is 0 Å². The predicted molar refractivity (Wildman–Crippen MR) is 43.1 cm³/mol. The molecule has 0 fully saturated rings. The van der Waals surface area contributed by atoms with Crippen LogP contribution in [0, 0.1) is 7.40 Å². The normalized spacial score (nSPS) is 9.25.